The minimum Gasteiger partial charge on any atom is -0.376 e. The summed E-state index contributed by atoms with van der Waals surface area (Å²) in [5.41, 5.74) is 0. The van der Waals surface area contributed by atoms with E-state index in [4.69, 9.17) is 18.9 Å². The third-order valence-electron chi connectivity index (χ3n) is 2.40. The molecule has 2 heterocycles. The van der Waals surface area contributed by atoms with Crippen LogP contribution in [-0.2, 0) is 18.9 Å². The van der Waals surface area contributed by atoms with Crippen molar-refractivity contribution in [1.29, 1.82) is 0 Å². The van der Waals surface area contributed by atoms with Crippen LogP contribution in [0.1, 0.15) is 61.8 Å². The van der Waals surface area contributed by atoms with Crippen molar-refractivity contribution in [3.8, 4) is 0 Å². The van der Waals surface area contributed by atoms with E-state index in [-0.39, 0.29) is 6.29 Å². The second kappa shape index (κ2) is 15.2. The van der Waals surface area contributed by atoms with Gasteiger partial charge in [0.25, 0.3) is 0 Å². The number of ether oxygens (including phenoxy) is 4. The van der Waals surface area contributed by atoms with Crippen molar-refractivity contribution < 1.29 is 18.9 Å². The van der Waals surface area contributed by atoms with Crippen LogP contribution in [0.5, 0.6) is 0 Å². The molecule has 124 valence electrons. The summed E-state index contributed by atoms with van der Waals surface area (Å²) in [5, 5.41) is 0. The van der Waals surface area contributed by atoms with Crippen molar-refractivity contribution in [3.05, 3.63) is 0 Å². The summed E-state index contributed by atoms with van der Waals surface area (Å²) in [5.74, 6) is 0. The van der Waals surface area contributed by atoms with Crippen molar-refractivity contribution in [2.45, 2.75) is 86.4 Å². The molecule has 4 heteroatoms. The Balaban J connectivity index is 0. The lowest BCUT2D eigenvalue weighted by molar-refractivity contribution is -0.122. The van der Waals surface area contributed by atoms with Gasteiger partial charge in [-0.05, 0) is 27.2 Å². The normalized spacial score (nSPS) is 31.8. The molecule has 0 saturated carbocycles. The maximum atomic E-state index is 5.36. The quantitative estimate of drug-likeness (QED) is 0.731. The molecule has 20 heavy (non-hydrogen) atoms. The number of hydrogen-bond donors (Lipinski definition) is 0. The van der Waals surface area contributed by atoms with E-state index in [9.17, 15) is 0 Å². The first-order chi connectivity index (χ1) is 9.61. The Kier molecular flexibility index (Phi) is 16.9. The fourth-order valence-electron chi connectivity index (χ4n) is 1.67. The minimum atomic E-state index is 0.0741. The van der Waals surface area contributed by atoms with Crippen LogP contribution in [0.2, 0.25) is 0 Å². The molecule has 0 radical (unpaired) electrons. The van der Waals surface area contributed by atoms with E-state index in [2.05, 4.69) is 6.92 Å². The average molecular weight is 292 g/mol. The molecule has 0 aliphatic carbocycles. The summed E-state index contributed by atoms with van der Waals surface area (Å²) in [7, 11) is 0. The van der Waals surface area contributed by atoms with Crippen LogP contribution in [0.4, 0.5) is 0 Å². The molecule has 0 N–H and O–H groups in total. The summed E-state index contributed by atoms with van der Waals surface area (Å²) in [6.07, 6.45) is 1.92. The van der Waals surface area contributed by atoms with Crippen LogP contribution in [0.25, 0.3) is 0 Å². The van der Waals surface area contributed by atoms with Crippen LogP contribution in [0, 0.1) is 0 Å². The van der Waals surface area contributed by atoms with Gasteiger partial charge in [-0.1, -0.05) is 34.6 Å². The maximum absolute atomic E-state index is 5.36. The molecule has 0 aromatic rings. The SMILES string of the molecule is CC.CC.CC1COCC(C)O1.CCC1OCC(C)O1. The molecular weight excluding hydrogens is 256 g/mol. The molecular formula is C16H36O4. The van der Waals surface area contributed by atoms with Crippen molar-refractivity contribution >= 4 is 0 Å². The van der Waals surface area contributed by atoms with Crippen LogP contribution >= 0.6 is 0 Å². The Morgan fingerprint density at radius 1 is 0.750 bits per heavy atom. The fourth-order valence-corrected chi connectivity index (χ4v) is 1.67. The molecule has 2 saturated heterocycles. The van der Waals surface area contributed by atoms with E-state index in [0.29, 0.717) is 18.3 Å². The van der Waals surface area contributed by atoms with Crippen LogP contribution in [0.15, 0.2) is 0 Å². The molecule has 0 bridgehead atoms. The summed E-state index contributed by atoms with van der Waals surface area (Å²) < 4.78 is 21.0. The zero-order chi connectivity index (χ0) is 16.0. The number of rotatable bonds is 1. The lowest BCUT2D eigenvalue weighted by atomic mass is 10.3. The highest BCUT2D eigenvalue weighted by Crippen LogP contribution is 2.12. The largest absolute Gasteiger partial charge is 0.376 e. The molecule has 4 nitrogen and oxygen atoms in total. The Morgan fingerprint density at radius 3 is 1.40 bits per heavy atom. The van der Waals surface area contributed by atoms with Gasteiger partial charge in [0, 0.05) is 0 Å². The highest BCUT2D eigenvalue weighted by molar-refractivity contribution is 4.59. The molecule has 0 amide bonds. The van der Waals surface area contributed by atoms with Crippen molar-refractivity contribution in [1.82, 2.24) is 0 Å². The summed E-state index contributed by atoms with van der Waals surface area (Å²) in [4.78, 5) is 0. The molecule has 4 unspecified atom stereocenters. The maximum Gasteiger partial charge on any atom is 0.157 e. The Labute approximate surface area is 126 Å². The van der Waals surface area contributed by atoms with Gasteiger partial charge < -0.3 is 18.9 Å². The van der Waals surface area contributed by atoms with E-state index >= 15 is 0 Å². The van der Waals surface area contributed by atoms with E-state index < -0.39 is 0 Å². The first kappa shape index (κ1) is 22.1. The van der Waals surface area contributed by atoms with Crippen LogP contribution in [0.3, 0.4) is 0 Å². The second-order valence-electron chi connectivity index (χ2n) is 4.41. The van der Waals surface area contributed by atoms with Gasteiger partial charge in [0.2, 0.25) is 0 Å². The number of hydrogen-bond acceptors (Lipinski definition) is 4. The fraction of sp³-hybridized carbons (Fsp3) is 1.00. The van der Waals surface area contributed by atoms with Gasteiger partial charge in [-0.3, -0.25) is 0 Å². The summed E-state index contributed by atoms with van der Waals surface area (Å²) in [6.45, 7) is 18.4. The van der Waals surface area contributed by atoms with Gasteiger partial charge in [-0.25, -0.2) is 0 Å². The first-order valence-corrected chi connectivity index (χ1v) is 8.12. The van der Waals surface area contributed by atoms with E-state index in [1.165, 1.54) is 0 Å². The van der Waals surface area contributed by atoms with Gasteiger partial charge >= 0.3 is 0 Å². The van der Waals surface area contributed by atoms with Gasteiger partial charge in [-0.15, -0.1) is 0 Å². The molecule has 4 atom stereocenters. The first-order valence-electron chi connectivity index (χ1n) is 8.12. The minimum absolute atomic E-state index is 0.0741. The topological polar surface area (TPSA) is 36.9 Å². The highest BCUT2D eigenvalue weighted by atomic mass is 16.7. The van der Waals surface area contributed by atoms with E-state index in [1.807, 2.05) is 48.5 Å². The zero-order valence-corrected chi connectivity index (χ0v) is 14.8. The van der Waals surface area contributed by atoms with Crippen molar-refractivity contribution in [2.75, 3.05) is 19.8 Å². The lowest BCUT2D eigenvalue weighted by Gasteiger charge is -2.24. The molecule has 2 aliphatic rings. The molecule has 2 rings (SSSR count). The predicted molar refractivity (Wildman–Crippen MR) is 84.1 cm³/mol. The Bertz CT molecular complexity index is 179. The Hall–Kier alpha value is -0.160. The van der Waals surface area contributed by atoms with E-state index in [0.717, 1.165) is 26.2 Å². The zero-order valence-electron chi connectivity index (χ0n) is 14.8. The molecule has 2 fully saturated rings. The van der Waals surface area contributed by atoms with E-state index in [1.54, 1.807) is 0 Å². The average Bonchev–Trinajstić information content (AvgIpc) is 2.89. The van der Waals surface area contributed by atoms with Gasteiger partial charge in [0.15, 0.2) is 6.29 Å². The predicted octanol–water partition coefficient (Wildman–Crippen LogP) is 4.02. The second-order valence-corrected chi connectivity index (χ2v) is 4.41. The van der Waals surface area contributed by atoms with Crippen LogP contribution < -0.4 is 0 Å². The standard InChI is InChI=1S/2C6H12O2.2C2H6/c1-5-3-7-4-6(2)8-5;1-3-6-7-4-5(2)8-6;2*1-2/h2*5-6H,3-4H2,1-2H3;2*1-2H3. The Morgan fingerprint density at radius 2 is 1.20 bits per heavy atom. The van der Waals surface area contributed by atoms with Gasteiger partial charge in [-0.2, -0.15) is 0 Å². The smallest absolute Gasteiger partial charge is 0.157 e. The van der Waals surface area contributed by atoms with Crippen molar-refractivity contribution in [2.24, 2.45) is 0 Å². The summed E-state index contributed by atoms with van der Waals surface area (Å²) >= 11 is 0. The lowest BCUT2D eigenvalue weighted by Crippen LogP contribution is -2.32. The summed E-state index contributed by atoms with van der Waals surface area (Å²) in [6, 6.07) is 0. The van der Waals surface area contributed by atoms with Gasteiger partial charge in [0.05, 0.1) is 38.1 Å². The molecule has 0 aromatic heterocycles. The molecule has 0 aromatic carbocycles. The molecule has 2 aliphatic heterocycles. The van der Waals surface area contributed by atoms with Crippen LogP contribution in [-0.4, -0.2) is 44.4 Å². The van der Waals surface area contributed by atoms with Gasteiger partial charge in [0.1, 0.15) is 0 Å². The highest BCUT2D eigenvalue weighted by Gasteiger charge is 2.19. The third kappa shape index (κ3) is 11.6. The monoisotopic (exact) mass is 292 g/mol. The molecule has 0 spiro atoms. The third-order valence-corrected chi connectivity index (χ3v) is 2.40. The van der Waals surface area contributed by atoms with Crippen molar-refractivity contribution in [3.63, 3.8) is 0 Å².